The van der Waals surface area contributed by atoms with Gasteiger partial charge < -0.3 is 14.9 Å². The molecule has 1 aromatic rings. The highest BCUT2D eigenvalue weighted by Crippen LogP contribution is 2.34. The number of amides is 1. The van der Waals surface area contributed by atoms with E-state index in [0.29, 0.717) is 18.7 Å². The number of morpholine rings is 1. The van der Waals surface area contributed by atoms with Gasteiger partial charge in [-0.1, -0.05) is 17.3 Å². The minimum atomic E-state index is -0.406. The van der Waals surface area contributed by atoms with Crippen molar-refractivity contribution in [3.8, 4) is 0 Å². The molecule has 1 spiro atoms. The Morgan fingerprint density at radius 3 is 2.75 bits per heavy atom. The van der Waals surface area contributed by atoms with Crippen LogP contribution in [0.25, 0.3) is 0 Å². The quantitative estimate of drug-likeness (QED) is 0.785. The van der Waals surface area contributed by atoms with Gasteiger partial charge >= 0.3 is 0 Å². The number of hydrogen-bond donors (Lipinski definition) is 1. The molecular formula is C20H27FN4O3. The molecule has 3 heterocycles. The molecule has 1 amide bonds. The Morgan fingerprint density at radius 1 is 1.18 bits per heavy atom. The summed E-state index contributed by atoms with van der Waals surface area (Å²) in [6.07, 6.45) is 1.37. The van der Waals surface area contributed by atoms with Crippen molar-refractivity contribution in [2.75, 3.05) is 52.5 Å². The normalized spacial score (nSPS) is 25.7. The van der Waals surface area contributed by atoms with Crippen LogP contribution in [0.4, 0.5) is 4.39 Å². The van der Waals surface area contributed by atoms with Gasteiger partial charge in [0.2, 0.25) is 0 Å². The van der Waals surface area contributed by atoms with E-state index in [1.54, 1.807) is 12.1 Å². The summed E-state index contributed by atoms with van der Waals surface area (Å²) in [4.78, 5) is 22.7. The molecule has 2 saturated heterocycles. The van der Waals surface area contributed by atoms with Gasteiger partial charge in [0, 0.05) is 58.7 Å². The van der Waals surface area contributed by atoms with Gasteiger partial charge in [0.25, 0.3) is 5.91 Å². The topological polar surface area (TPSA) is 66.4 Å². The van der Waals surface area contributed by atoms with Crippen molar-refractivity contribution in [2.45, 2.75) is 25.0 Å². The minimum Gasteiger partial charge on any atom is -0.387 e. The predicted octanol–water partition coefficient (Wildman–Crippen LogP) is 0.995. The first-order valence-electron chi connectivity index (χ1n) is 9.92. The van der Waals surface area contributed by atoms with Crippen molar-refractivity contribution in [1.82, 2.24) is 15.1 Å². The van der Waals surface area contributed by atoms with E-state index in [9.17, 15) is 9.18 Å². The van der Waals surface area contributed by atoms with Gasteiger partial charge in [-0.2, -0.15) is 0 Å². The van der Waals surface area contributed by atoms with E-state index in [2.05, 4.69) is 20.3 Å². The zero-order chi connectivity index (χ0) is 19.4. The van der Waals surface area contributed by atoms with Crippen LogP contribution in [0.15, 0.2) is 29.4 Å². The minimum absolute atomic E-state index is 0.137. The third-order valence-electron chi connectivity index (χ3n) is 5.63. The molecule has 0 saturated carbocycles. The number of carbonyl (C=O) groups excluding carboxylic acids is 1. The molecule has 3 aliphatic rings. The number of carbonyl (C=O) groups is 1. The fraction of sp³-hybridized carbons (Fsp3) is 0.600. The number of halogens is 1. The highest BCUT2D eigenvalue weighted by Gasteiger charge is 2.46. The average Bonchev–Trinajstić information content (AvgIpc) is 3.31. The van der Waals surface area contributed by atoms with E-state index in [1.807, 2.05) is 0 Å². The Hall–Kier alpha value is -2.03. The fourth-order valence-electron chi connectivity index (χ4n) is 4.03. The van der Waals surface area contributed by atoms with Gasteiger partial charge in [0.1, 0.15) is 11.5 Å². The zero-order valence-corrected chi connectivity index (χ0v) is 16.0. The number of likely N-dealkylation sites (tertiary alicyclic amines) is 1. The van der Waals surface area contributed by atoms with Gasteiger partial charge in [-0.05, 0) is 17.7 Å². The van der Waals surface area contributed by atoms with Crippen molar-refractivity contribution in [3.05, 3.63) is 35.6 Å². The molecule has 1 atom stereocenters. The number of oxime groups is 1. The van der Waals surface area contributed by atoms with Crippen LogP contribution in [0.3, 0.4) is 0 Å². The van der Waals surface area contributed by atoms with Crippen LogP contribution in [0.1, 0.15) is 18.4 Å². The third kappa shape index (κ3) is 4.68. The first-order chi connectivity index (χ1) is 13.6. The van der Waals surface area contributed by atoms with Crippen molar-refractivity contribution in [1.29, 1.82) is 0 Å². The molecule has 1 aromatic carbocycles. The van der Waals surface area contributed by atoms with Crippen molar-refractivity contribution < 1.29 is 18.8 Å². The van der Waals surface area contributed by atoms with Gasteiger partial charge in [0.15, 0.2) is 5.60 Å². The number of benzene rings is 1. The lowest BCUT2D eigenvalue weighted by Gasteiger charge is -2.26. The Morgan fingerprint density at radius 2 is 1.96 bits per heavy atom. The van der Waals surface area contributed by atoms with Crippen LogP contribution in [0, 0.1) is 5.82 Å². The monoisotopic (exact) mass is 390 g/mol. The van der Waals surface area contributed by atoms with Crippen LogP contribution in [-0.2, 0) is 20.9 Å². The lowest BCUT2D eigenvalue weighted by atomic mass is 9.96. The van der Waals surface area contributed by atoms with Gasteiger partial charge in [-0.25, -0.2) is 4.39 Å². The number of nitrogens with one attached hydrogen (secondary N) is 1. The number of rotatable bonds is 6. The van der Waals surface area contributed by atoms with E-state index in [4.69, 9.17) is 9.57 Å². The largest absolute Gasteiger partial charge is 0.387 e. The maximum Gasteiger partial charge on any atom is 0.269 e. The molecule has 0 bridgehead atoms. The number of nitrogens with zero attached hydrogens (tertiary/aromatic N) is 3. The molecule has 3 aliphatic heterocycles. The summed E-state index contributed by atoms with van der Waals surface area (Å²) < 4.78 is 18.4. The molecule has 1 N–H and O–H groups in total. The van der Waals surface area contributed by atoms with E-state index in [0.717, 1.165) is 64.5 Å². The van der Waals surface area contributed by atoms with E-state index in [-0.39, 0.29) is 11.7 Å². The molecule has 152 valence electrons. The van der Waals surface area contributed by atoms with E-state index in [1.165, 1.54) is 12.1 Å². The van der Waals surface area contributed by atoms with Crippen molar-refractivity contribution in [3.63, 3.8) is 0 Å². The van der Waals surface area contributed by atoms with E-state index >= 15 is 0 Å². The Kier molecular flexibility index (Phi) is 5.89. The van der Waals surface area contributed by atoms with Crippen LogP contribution >= 0.6 is 0 Å². The number of ether oxygens (including phenoxy) is 1. The van der Waals surface area contributed by atoms with Crippen LogP contribution < -0.4 is 5.32 Å². The molecule has 4 rings (SSSR count). The molecule has 2 fully saturated rings. The van der Waals surface area contributed by atoms with Gasteiger partial charge in [0.05, 0.1) is 13.2 Å². The lowest BCUT2D eigenvalue weighted by molar-refractivity contribution is -0.115. The second-order valence-electron chi connectivity index (χ2n) is 7.79. The summed E-state index contributed by atoms with van der Waals surface area (Å²) in [7, 11) is 0. The summed E-state index contributed by atoms with van der Waals surface area (Å²) in [6, 6.07) is 6.57. The fourth-order valence-corrected chi connectivity index (χ4v) is 4.03. The summed E-state index contributed by atoms with van der Waals surface area (Å²) in [6.45, 7) is 7.09. The summed E-state index contributed by atoms with van der Waals surface area (Å²) in [5.74, 6) is -0.361. The molecule has 0 aliphatic carbocycles. The highest BCUT2D eigenvalue weighted by atomic mass is 19.1. The molecule has 7 nitrogen and oxygen atoms in total. The Bertz CT molecular complexity index is 721. The van der Waals surface area contributed by atoms with Crippen molar-refractivity contribution >= 4 is 11.6 Å². The molecular weight excluding hydrogens is 363 g/mol. The first kappa shape index (κ1) is 19.3. The molecule has 0 aromatic heterocycles. The maximum atomic E-state index is 13.1. The molecule has 28 heavy (non-hydrogen) atoms. The number of hydrogen-bond acceptors (Lipinski definition) is 6. The summed E-state index contributed by atoms with van der Waals surface area (Å²) in [5.41, 5.74) is 1.14. The third-order valence-corrected chi connectivity index (χ3v) is 5.63. The van der Waals surface area contributed by atoms with Gasteiger partial charge in [-0.15, -0.1) is 0 Å². The van der Waals surface area contributed by atoms with Gasteiger partial charge in [-0.3, -0.25) is 14.6 Å². The predicted molar refractivity (Wildman–Crippen MR) is 102 cm³/mol. The SMILES string of the molecule is O=C(NCCN1CCOCC1)C1=NOC2(CCN(Cc3ccc(F)cc3)C2)C1. The van der Waals surface area contributed by atoms with E-state index < -0.39 is 5.60 Å². The summed E-state index contributed by atoms with van der Waals surface area (Å²) >= 11 is 0. The Balaban J connectivity index is 1.21. The second kappa shape index (κ2) is 8.55. The lowest BCUT2D eigenvalue weighted by Crippen LogP contribution is -2.43. The smallest absolute Gasteiger partial charge is 0.269 e. The maximum absolute atomic E-state index is 13.1. The first-order valence-corrected chi connectivity index (χ1v) is 9.92. The van der Waals surface area contributed by atoms with Crippen molar-refractivity contribution in [2.24, 2.45) is 5.16 Å². The summed E-state index contributed by atoms with van der Waals surface area (Å²) in [5, 5.41) is 7.04. The van der Waals surface area contributed by atoms with Crippen LogP contribution in [0.5, 0.6) is 0 Å². The molecule has 1 unspecified atom stereocenters. The zero-order valence-electron chi connectivity index (χ0n) is 16.0. The van der Waals surface area contributed by atoms with Crippen LogP contribution in [-0.4, -0.2) is 79.5 Å². The van der Waals surface area contributed by atoms with Crippen LogP contribution in [0.2, 0.25) is 0 Å². The average molecular weight is 390 g/mol. The second-order valence-corrected chi connectivity index (χ2v) is 7.79. The molecule has 8 heteroatoms. The highest BCUT2D eigenvalue weighted by molar-refractivity contribution is 6.39. The Labute approximate surface area is 164 Å². The standard InChI is InChI=1S/C20H27FN4O3/c21-17-3-1-16(2-4-17)14-25-7-5-20(15-25)13-18(23-28-20)19(26)22-6-8-24-9-11-27-12-10-24/h1-4H,5-15H2,(H,22,26). The molecule has 0 radical (unpaired) electrons.